The standard InChI is InChI=1S/C31H28N4O3S2/c1-2-28-34-25(18-40-28)31(37)35(22-14-12-20(13-15-22)26-16-32-19-38-26)29(30(36)33-21-8-4-3-5-9-21)24-17-39-27-11-7-6-10-23(24)27/h1,6-7,10-19,21,29-30,33,36H,3-5,8-9H2. The molecule has 1 fully saturated rings. The van der Waals surface area contributed by atoms with Crippen LogP contribution < -0.4 is 10.2 Å². The summed E-state index contributed by atoms with van der Waals surface area (Å²) in [6, 6.07) is 15.0. The monoisotopic (exact) mass is 568 g/mol. The first-order valence-electron chi connectivity index (χ1n) is 13.3. The van der Waals surface area contributed by atoms with E-state index in [-0.39, 0.29) is 17.6 Å². The van der Waals surface area contributed by atoms with Crippen molar-refractivity contribution < 1.29 is 14.3 Å². The molecule has 0 spiro atoms. The lowest BCUT2D eigenvalue weighted by atomic mass is 9.94. The van der Waals surface area contributed by atoms with E-state index in [1.807, 2.05) is 47.8 Å². The van der Waals surface area contributed by atoms with Gasteiger partial charge in [0.1, 0.15) is 18.0 Å². The van der Waals surface area contributed by atoms with Crippen molar-refractivity contribution in [2.75, 3.05) is 4.90 Å². The molecule has 3 heterocycles. The SMILES string of the molecule is C#Cc1nc(C(=O)N(c2ccc(-c3cnco3)cc2)C(c2csc3ccccc23)C(O)NC2CCCCC2)cs1. The minimum atomic E-state index is -1.02. The van der Waals surface area contributed by atoms with Crippen LogP contribution in [0.4, 0.5) is 5.69 Å². The lowest BCUT2D eigenvalue weighted by molar-refractivity contribution is 0.0739. The molecule has 3 aromatic heterocycles. The maximum absolute atomic E-state index is 14.3. The maximum atomic E-state index is 14.3. The van der Waals surface area contributed by atoms with Crippen LogP contribution in [-0.4, -0.2) is 33.3 Å². The average Bonchev–Trinajstić information content (AvgIpc) is 3.78. The number of aliphatic hydroxyl groups excluding tert-OH is 1. The summed E-state index contributed by atoms with van der Waals surface area (Å²) >= 11 is 2.85. The molecule has 1 amide bonds. The van der Waals surface area contributed by atoms with Crippen LogP contribution in [0.1, 0.15) is 59.2 Å². The number of hydrogen-bond donors (Lipinski definition) is 2. The second kappa shape index (κ2) is 11.7. The van der Waals surface area contributed by atoms with Gasteiger partial charge in [0.25, 0.3) is 5.91 Å². The Bertz CT molecular complexity index is 1630. The summed E-state index contributed by atoms with van der Waals surface area (Å²) in [6.07, 6.45) is 13.0. The Morgan fingerprint density at radius 3 is 2.62 bits per heavy atom. The predicted octanol–water partition coefficient (Wildman–Crippen LogP) is 6.62. The van der Waals surface area contributed by atoms with Gasteiger partial charge in [0.2, 0.25) is 0 Å². The number of benzene rings is 2. The fraction of sp³-hybridized carbons (Fsp3) is 0.258. The summed E-state index contributed by atoms with van der Waals surface area (Å²) in [6.45, 7) is 0. The lowest BCUT2D eigenvalue weighted by Gasteiger charge is -2.37. The quantitative estimate of drug-likeness (QED) is 0.161. The van der Waals surface area contributed by atoms with E-state index in [0.29, 0.717) is 16.5 Å². The topological polar surface area (TPSA) is 91.5 Å². The molecule has 0 bridgehead atoms. The number of hydrogen-bond acceptors (Lipinski definition) is 8. The van der Waals surface area contributed by atoms with Gasteiger partial charge in [-0.1, -0.05) is 37.5 Å². The molecule has 5 aromatic rings. The van der Waals surface area contributed by atoms with E-state index in [9.17, 15) is 9.90 Å². The first-order chi connectivity index (χ1) is 19.6. The molecule has 1 aliphatic carbocycles. The molecule has 0 radical (unpaired) electrons. The molecular weight excluding hydrogens is 541 g/mol. The zero-order valence-electron chi connectivity index (χ0n) is 21.7. The molecule has 2 aromatic carbocycles. The zero-order valence-corrected chi connectivity index (χ0v) is 23.3. The van der Waals surface area contributed by atoms with Gasteiger partial charge in [-0.05, 0) is 65.4 Å². The Hall–Kier alpha value is -3.81. The summed E-state index contributed by atoms with van der Waals surface area (Å²) in [4.78, 5) is 24.4. The van der Waals surface area contributed by atoms with Crippen molar-refractivity contribution in [3.63, 3.8) is 0 Å². The van der Waals surface area contributed by atoms with E-state index in [0.717, 1.165) is 46.9 Å². The third kappa shape index (κ3) is 5.31. The number of terminal acetylenes is 1. The largest absolute Gasteiger partial charge is 0.444 e. The van der Waals surface area contributed by atoms with E-state index in [1.165, 1.54) is 24.2 Å². The van der Waals surface area contributed by atoms with Gasteiger partial charge >= 0.3 is 0 Å². The molecule has 2 unspecified atom stereocenters. The number of anilines is 1. The number of thiophene rings is 1. The minimum absolute atomic E-state index is 0.175. The van der Waals surface area contributed by atoms with Gasteiger partial charge in [0, 0.05) is 27.4 Å². The number of amides is 1. The lowest BCUT2D eigenvalue weighted by Crippen LogP contribution is -2.50. The molecule has 2 atom stereocenters. The fourth-order valence-electron chi connectivity index (χ4n) is 5.39. The number of carbonyl (C=O) groups is 1. The predicted molar refractivity (Wildman–Crippen MR) is 159 cm³/mol. The van der Waals surface area contributed by atoms with Gasteiger partial charge in [-0.2, -0.15) is 0 Å². The minimum Gasteiger partial charge on any atom is -0.444 e. The number of nitrogens with one attached hydrogen (secondary N) is 1. The van der Waals surface area contributed by atoms with Crippen molar-refractivity contribution in [2.45, 2.75) is 50.4 Å². The Morgan fingerprint density at radius 2 is 1.90 bits per heavy atom. The van der Waals surface area contributed by atoms with E-state index in [1.54, 1.807) is 27.8 Å². The van der Waals surface area contributed by atoms with Gasteiger partial charge in [0.05, 0.1) is 6.20 Å². The van der Waals surface area contributed by atoms with Gasteiger partial charge in [-0.15, -0.1) is 29.1 Å². The third-order valence-electron chi connectivity index (χ3n) is 7.35. The molecule has 1 saturated carbocycles. The Balaban J connectivity index is 1.47. The van der Waals surface area contributed by atoms with Crippen molar-refractivity contribution in [2.24, 2.45) is 0 Å². The highest BCUT2D eigenvalue weighted by Gasteiger charge is 2.37. The second-order valence-corrected chi connectivity index (χ2v) is 11.6. The number of aliphatic hydroxyl groups is 1. The van der Waals surface area contributed by atoms with Crippen molar-refractivity contribution in [3.8, 4) is 23.7 Å². The molecule has 1 aliphatic rings. The molecule has 40 heavy (non-hydrogen) atoms. The van der Waals surface area contributed by atoms with Crippen LogP contribution in [0.2, 0.25) is 0 Å². The summed E-state index contributed by atoms with van der Waals surface area (Å²) in [5, 5.41) is 20.5. The van der Waals surface area contributed by atoms with Crippen molar-refractivity contribution in [1.82, 2.24) is 15.3 Å². The summed E-state index contributed by atoms with van der Waals surface area (Å²) in [5.74, 6) is 2.81. The highest BCUT2D eigenvalue weighted by atomic mass is 32.1. The van der Waals surface area contributed by atoms with E-state index in [4.69, 9.17) is 10.8 Å². The number of fused-ring (bicyclic) bond motifs is 1. The zero-order chi connectivity index (χ0) is 27.5. The van der Waals surface area contributed by atoms with Crippen LogP contribution in [0.5, 0.6) is 0 Å². The van der Waals surface area contributed by atoms with Crippen molar-refractivity contribution >= 4 is 44.4 Å². The fourth-order valence-corrected chi connectivity index (χ4v) is 6.98. The van der Waals surface area contributed by atoms with E-state index < -0.39 is 12.3 Å². The van der Waals surface area contributed by atoms with Crippen LogP contribution in [0.15, 0.2) is 76.3 Å². The van der Waals surface area contributed by atoms with Gasteiger partial charge in [0.15, 0.2) is 17.2 Å². The number of thiazole rings is 1. The second-order valence-electron chi connectivity index (χ2n) is 9.85. The molecule has 6 rings (SSSR count). The van der Waals surface area contributed by atoms with Crippen molar-refractivity contribution in [1.29, 1.82) is 0 Å². The molecular formula is C31H28N4O3S2. The Morgan fingerprint density at radius 1 is 1.10 bits per heavy atom. The summed E-state index contributed by atoms with van der Waals surface area (Å²) in [5.41, 5.74) is 2.56. The normalized spacial score (nSPS) is 15.5. The summed E-state index contributed by atoms with van der Waals surface area (Å²) < 4.78 is 6.55. The molecule has 0 saturated heterocycles. The highest BCUT2D eigenvalue weighted by Crippen LogP contribution is 2.39. The number of aromatic nitrogens is 2. The number of nitrogens with zero attached hydrogens (tertiary/aromatic N) is 3. The number of oxazole rings is 1. The average molecular weight is 569 g/mol. The third-order valence-corrected chi connectivity index (χ3v) is 9.10. The van der Waals surface area contributed by atoms with Crippen LogP contribution in [0, 0.1) is 12.3 Å². The molecule has 2 N–H and O–H groups in total. The Labute approximate surface area is 240 Å². The highest BCUT2D eigenvalue weighted by molar-refractivity contribution is 7.17. The van der Waals surface area contributed by atoms with Crippen LogP contribution >= 0.6 is 22.7 Å². The van der Waals surface area contributed by atoms with Gasteiger partial charge in [-0.25, -0.2) is 9.97 Å². The first kappa shape index (κ1) is 26.4. The molecule has 7 nitrogen and oxygen atoms in total. The molecule has 0 aliphatic heterocycles. The number of carbonyl (C=O) groups excluding carboxylic acids is 1. The smallest absolute Gasteiger partial charge is 0.278 e. The summed E-state index contributed by atoms with van der Waals surface area (Å²) in [7, 11) is 0. The Kier molecular flexibility index (Phi) is 7.75. The van der Waals surface area contributed by atoms with Gasteiger partial charge < -0.3 is 9.52 Å². The van der Waals surface area contributed by atoms with Crippen LogP contribution in [-0.2, 0) is 0 Å². The first-order valence-corrected chi connectivity index (χ1v) is 15.0. The maximum Gasteiger partial charge on any atom is 0.278 e. The molecule has 202 valence electrons. The van der Waals surface area contributed by atoms with Crippen LogP contribution in [0.25, 0.3) is 21.4 Å². The van der Waals surface area contributed by atoms with E-state index >= 15 is 0 Å². The van der Waals surface area contributed by atoms with Crippen LogP contribution in [0.3, 0.4) is 0 Å². The molecule has 9 heteroatoms. The van der Waals surface area contributed by atoms with E-state index in [2.05, 4.69) is 27.3 Å². The number of rotatable bonds is 8. The van der Waals surface area contributed by atoms with Crippen molar-refractivity contribution in [3.05, 3.63) is 88.1 Å². The van der Waals surface area contributed by atoms with Gasteiger partial charge in [-0.3, -0.25) is 15.0 Å².